The molecule has 0 aliphatic rings. The van der Waals surface area contributed by atoms with E-state index in [0.29, 0.717) is 5.95 Å². The van der Waals surface area contributed by atoms with Gasteiger partial charge in [0.2, 0.25) is 5.95 Å². The molecule has 0 bridgehead atoms. The number of benzene rings is 2. The third-order valence-corrected chi connectivity index (χ3v) is 4.20. The average Bonchev–Trinajstić information content (AvgIpc) is 2.72. The summed E-state index contributed by atoms with van der Waals surface area (Å²) in [7, 11) is 5.80. The molecule has 1 heterocycles. The summed E-state index contributed by atoms with van der Waals surface area (Å²) >= 11 is 0. The van der Waals surface area contributed by atoms with Crippen molar-refractivity contribution in [1.82, 2.24) is 14.9 Å². The van der Waals surface area contributed by atoms with Gasteiger partial charge in [0, 0.05) is 29.9 Å². The van der Waals surface area contributed by atoms with Crippen molar-refractivity contribution >= 4 is 17.5 Å². The standard InChI is InChI=1S/C22H27N5O/c1-27(2)14-8-13-23-22-25-20(17-9-5-4-6-10-17)16-21(26-22)24-18-11-7-12-19(15-18)28-3/h4-7,9-12,15-16H,8,13-14H2,1-3H3,(H2,23,24,25,26). The van der Waals surface area contributed by atoms with Gasteiger partial charge in [-0.05, 0) is 39.2 Å². The van der Waals surface area contributed by atoms with Gasteiger partial charge in [0.25, 0.3) is 0 Å². The number of anilines is 3. The van der Waals surface area contributed by atoms with E-state index in [-0.39, 0.29) is 0 Å². The summed E-state index contributed by atoms with van der Waals surface area (Å²) in [6, 6.07) is 19.9. The van der Waals surface area contributed by atoms with E-state index in [1.165, 1.54) is 0 Å². The normalized spacial score (nSPS) is 10.7. The molecule has 0 atom stereocenters. The molecule has 146 valence electrons. The van der Waals surface area contributed by atoms with Gasteiger partial charge >= 0.3 is 0 Å². The van der Waals surface area contributed by atoms with Gasteiger partial charge in [0.15, 0.2) is 0 Å². The Bertz CT molecular complexity index is 883. The molecule has 1 aromatic heterocycles. The zero-order valence-corrected chi connectivity index (χ0v) is 16.6. The van der Waals surface area contributed by atoms with Crippen molar-refractivity contribution in [3.63, 3.8) is 0 Å². The lowest BCUT2D eigenvalue weighted by molar-refractivity contribution is 0.405. The SMILES string of the molecule is COc1cccc(Nc2cc(-c3ccccc3)nc(NCCCN(C)C)n2)c1. The molecule has 6 nitrogen and oxygen atoms in total. The second-order valence-electron chi connectivity index (χ2n) is 6.77. The highest BCUT2D eigenvalue weighted by Crippen LogP contribution is 2.25. The minimum Gasteiger partial charge on any atom is -0.497 e. The molecule has 0 radical (unpaired) electrons. The van der Waals surface area contributed by atoms with Crippen LogP contribution in [-0.2, 0) is 0 Å². The van der Waals surface area contributed by atoms with Crippen molar-refractivity contribution in [3.05, 3.63) is 60.7 Å². The number of hydrogen-bond acceptors (Lipinski definition) is 6. The van der Waals surface area contributed by atoms with Gasteiger partial charge in [0.05, 0.1) is 12.8 Å². The Labute approximate surface area is 166 Å². The van der Waals surface area contributed by atoms with Crippen LogP contribution >= 0.6 is 0 Å². The number of aromatic nitrogens is 2. The minimum atomic E-state index is 0.616. The molecule has 0 saturated carbocycles. The third kappa shape index (κ3) is 5.69. The Hall–Kier alpha value is -3.12. The monoisotopic (exact) mass is 377 g/mol. The molecule has 3 rings (SSSR count). The van der Waals surface area contributed by atoms with Crippen LogP contribution in [0.5, 0.6) is 5.75 Å². The van der Waals surface area contributed by atoms with Crippen LogP contribution in [0.1, 0.15) is 6.42 Å². The van der Waals surface area contributed by atoms with Crippen LogP contribution < -0.4 is 15.4 Å². The van der Waals surface area contributed by atoms with Crippen LogP contribution in [0.3, 0.4) is 0 Å². The molecule has 2 aromatic carbocycles. The van der Waals surface area contributed by atoms with E-state index in [0.717, 1.165) is 48.0 Å². The molecule has 0 saturated heterocycles. The molecule has 3 aromatic rings. The van der Waals surface area contributed by atoms with Crippen molar-refractivity contribution in [3.8, 4) is 17.0 Å². The lowest BCUT2D eigenvalue weighted by Crippen LogP contribution is -2.17. The van der Waals surface area contributed by atoms with Gasteiger partial charge in [-0.2, -0.15) is 4.98 Å². The fourth-order valence-corrected chi connectivity index (χ4v) is 2.79. The van der Waals surface area contributed by atoms with Crippen molar-refractivity contribution in [1.29, 1.82) is 0 Å². The highest BCUT2D eigenvalue weighted by atomic mass is 16.5. The highest BCUT2D eigenvalue weighted by Gasteiger charge is 2.08. The Kier molecular flexibility index (Phi) is 6.81. The number of rotatable bonds is 9. The van der Waals surface area contributed by atoms with Crippen LogP contribution in [0, 0.1) is 0 Å². The van der Waals surface area contributed by atoms with Gasteiger partial charge in [-0.15, -0.1) is 0 Å². The predicted octanol–water partition coefficient (Wildman–Crippen LogP) is 4.26. The first-order valence-corrected chi connectivity index (χ1v) is 9.38. The second-order valence-corrected chi connectivity index (χ2v) is 6.77. The maximum Gasteiger partial charge on any atom is 0.225 e. The van der Waals surface area contributed by atoms with Crippen molar-refractivity contribution < 1.29 is 4.74 Å². The molecule has 0 fully saturated rings. The van der Waals surface area contributed by atoms with Gasteiger partial charge in [-0.3, -0.25) is 0 Å². The summed E-state index contributed by atoms with van der Waals surface area (Å²) in [6.45, 7) is 1.83. The van der Waals surface area contributed by atoms with E-state index < -0.39 is 0 Å². The molecular weight excluding hydrogens is 350 g/mol. The topological polar surface area (TPSA) is 62.3 Å². The molecule has 28 heavy (non-hydrogen) atoms. The predicted molar refractivity (Wildman–Crippen MR) is 115 cm³/mol. The number of nitrogens with one attached hydrogen (secondary N) is 2. The summed E-state index contributed by atoms with van der Waals surface area (Å²) in [5.74, 6) is 2.15. The average molecular weight is 377 g/mol. The number of methoxy groups -OCH3 is 1. The summed E-state index contributed by atoms with van der Waals surface area (Å²) in [4.78, 5) is 11.5. The van der Waals surface area contributed by atoms with E-state index in [1.807, 2.05) is 60.7 Å². The third-order valence-electron chi connectivity index (χ3n) is 4.20. The van der Waals surface area contributed by atoms with Gasteiger partial charge in [-0.1, -0.05) is 36.4 Å². The molecular formula is C22H27N5O. The fraction of sp³-hybridized carbons (Fsp3) is 0.273. The summed E-state index contributed by atoms with van der Waals surface area (Å²) in [5, 5.41) is 6.70. The largest absolute Gasteiger partial charge is 0.497 e. The quantitative estimate of drug-likeness (QED) is 0.543. The lowest BCUT2D eigenvalue weighted by atomic mass is 10.1. The maximum absolute atomic E-state index is 5.30. The Morgan fingerprint density at radius 1 is 0.964 bits per heavy atom. The maximum atomic E-state index is 5.30. The minimum absolute atomic E-state index is 0.616. The van der Waals surface area contributed by atoms with Gasteiger partial charge < -0.3 is 20.3 Å². The smallest absolute Gasteiger partial charge is 0.225 e. The first kappa shape index (κ1) is 19.6. The van der Waals surface area contributed by atoms with Gasteiger partial charge in [-0.25, -0.2) is 4.98 Å². The van der Waals surface area contributed by atoms with Crippen molar-refractivity contribution in [2.45, 2.75) is 6.42 Å². The molecule has 0 aliphatic carbocycles. The zero-order valence-electron chi connectivity index (χ0n) is 16.6. The molecule has 0 spiro atoms. The zero-order chi connectivity index (χ0) is 19.8. The summed E-state index contributed by atoms with van der Waals surface area (Å²) < 4.78 is 5.30. The van der Waals surface area contributed by atoms with Crippen molar-refractivity contribution in [2.24, 2.45) is 0 Å². The van der Waals surface area contributed by atoms with E-state index in [4.69, 9.17) is 9.72 Å². The Balaban J connectivity index is 1.84. The summed E-state index contributed by atoms with van der Waals surface area (Å²) in [6.07, 6.45) is 1.02. The van der Waals surface area contributed by atoms with Crippen LogP contribution in [0.4, 0.5) is 17.5 Å². The molecule has 0 aliphatic heterocycles. The van der Waals surface area contributed by atoms with Gasteiger partial charge in [0.1, 0.15) is 11.6 Å². The number of nitrogens with zero attached hydrogens (tertiary/aromatic N) is 3. The van der Waals surface area contributed by atoms with E-state index in [1.54, 1.807) is 7.11 Å². The number of ether oxygens (including phenoxy) is 1. The number of hydrogen-bond donors (Lipinski definition) is 2. The summed E-state index contributed by atoms with van der Waals surface area (Å²) in [5.41, 5.74) is 2.83. The first-order valence-electron chi connectivity index (χ1n) is 9.38. The fourth-order valence-electron chi connectivity index (χ4n) is 2.79. The van der Waals surface area contributed by atoms with Crippen LogP contribution in [-0.4, -0.2) is 49.2 Å². The Morgan fingerprint density at radius 3 is 2.54 bits per heavy atom. The highest BCUT2D eigenvalue weighted by molar-refractivity contribution is 5.67. The van der Waals surface area contributed by atoms with E-state index in [9.17, 15) is 0 Å². The van der Waals surface area contributed by atoms with Crippen LogP contribution in [0.25, 0.3) is 11.3 Å². The van der Waals surface area contributed by atoms with Crippen LogP contribution in [0.15, 0.2) is 60.7 Å². The molecule has 6 heteroatoms. The lowest BCUT2D eigenvalue weighted by Gasteiger charge is -2.13. The first-order chi connectivity index (χ1) is 13.6. The Morgan fingerprint density at radius 2 is 1.79 bits per heavy atom. The molecule has 2 N–H and O–H groups in total. The second kappa shape index (κ2) is 9.71. The van der Waals surface area contributed by atoms with Crippen LogP contribution in [0.2, 0.25) is 0 Å². The molecule has 0 amide bonds. The van der Waals surface area contributed by atoms with E-state index >= 15 is 0 Å². The van der Waals surface area contributed by atoms with E-state index in [2.05, 4.69) is 34.6 Å². The molecule has 0 unspecified atom stereocenters. The van der Waals surface area contributed by atoms with Crippen molar-refractivity contribution in [2.75, 3.05) is 44.9 Å².